The molecule has 1 aliphatic rings. The van der Waals surface area contributed by atoms with Crippen molar-refractivity contribution < 1.29 is 18.8 Å². The molecule has 1 aromatic heterocycles. The molecule has 3 aromatic rings. The van der Waals surface area contributed by atoms with Crippen LogP contribution in [0.5, 0.6) is 0 Å². The first-order valence-electron chi connectivity index (χ1n) is 11.6. The van der Waals surface area contributed by atoms with Crippen molar-refractivity contribution in [3.05, 3.63) is 71.2 Å². The lowest BCUT2D eigenvalue weighted by molar-refractivity contribution is -0.118. The molecule has 4 rings (SSSR count). The van der Waals surface area contributed by atoms with Gasteiger partial charge in [0.1, 0.15) is 5.82 Å². The summed E-state index contributed by atoms with van der Waals surface area (Å²) in [5.41, 5.74) is 2.08. The average molecular weight is 464 g/mol. The monoisotopic (exact) mass is 463 g/mol. The number of ketones is 1. The molecule has 0 spiro atoms. The van der Waals surface area contributed by atoms with Crippen LogP contribution in [0.25, 0.3) is 10.9 Å². The van der Waals surface area contributed by atoms with Crippen LogP contribution in [0.1, 0.15) is 59.9 Å². The second kappa shape index (κ2) is 9.41. The van der Waals surface area contributed by atoms with Crippen molar-refractivity contribution in [2.45, 2.75) is 45.6 Å². The number of hydrogen-bond acceptors (Lipinski definition) is 3. The SMILES string of the molecule is CC(C)(C)NC(=O)C(=O)c1ccc2[nH]cc(C(=O)N3CCC(Cc4ccc(F)cc4)CC3)c2c1. The van der Waals surface area contributed by atoms with E-state index in [9.17, 15) is 18.8 Å². The number of benzene rings is 2. The van der Waals surface area contributed by atoms with Gasteiger partial charge in [-0.15, -0.1) is 0 Å². The Morgan fingerprint density at radius 2 is 1.74 bits per heavy atom. The summed E-state index contributed by atoms with van der Waals surface area (Å²) in [4.78, 5) is 43.2. The molecule has 2 heterocycles. The fourth-order valence-electron chi connectivity index (χ4n) is 4.43. The van der Waals surface area contributed by atoms with Gasteiger partial charge in [-0.05, 0) is 81.8 Å². The van der Waals surface area contributed by atoms with E-state index in [-0.39, 0.29) is 17.3 Å². The van der Waals surface area contributed by atoms with Gasteiger partial charge in [-0.3, -0.25) is 14.4 Å². The molecule has 0 bridgehead atoms. The second-order valence-corrected chi connectivity index (χ2v) is 10.1. The first kappa shape index (κ1) is 23.7. The van der Waals surface area contributed by atoms with Crippen LogP contribution in [-0.2, 0) is 11.2 Å². The van der Waals surface area contributed by atoms with Gasteiger partial charge in [0.25, 0.3) is 11.8 Å². The van der Waals surface area contributed by atoms with Crippen LogP contribution in [0, 0.1) is 11.7 Å². The van der Waals surface area contributed by atoms with Crippen LogP contribution in [-0.4, -0.2) is 46.1 Å². The number of carbonyl (C=O) groups is 3. The predicted molar refractivity (Wildman–Crippen MR) is 129 cm³/mol. The van der Waals surface area contributed by atoms with Crippen LogP contribution in [0.4, 0.5) is 4.39 Å². The van der Waals surface area contributed by atoms with Gasteiger partial charge in [-0.1, -0.05) is 12.1 Å². The van der Waals surface area contributed by atoms with Gasteiger partial charge in [0, 0.05) is 41.3 Å². The number of halogens is 1. The molecule has 2 N–H and O–H groups in total. The maximum atomic E-state index is 13.3. The molecule has 0 atom stereocenters. The molecule has 178 valence electrons. The number of aromatic amines is 1. The summed E-state index contributed by atoms with van der Waals surface area (Å²) in [5, 5.41) is 3.31. The minimum absolute atomic E-state index is 0.0878. The van der Waals surface area contributed by atoms with Gasteiger partial charge in [-0.2, -0.15) is 0 Å². The van der Waals surface area contributed by atoms with Gasteiger partial charge >= 0.3 is 0 Å². The van der Waals surface area contributed by atoms with E-state index >= 15 is 0 Å². The van der Waals surface area contributed by atoms with Crippen LogP contribution < -0.4 is 5.32 Å². The topological polar surface area (TPSA) is 82.3 Å². The van der Waals surface area contributed by atoms with Crippen molar-refractivity contribution in [2.75, 3.05) is 13.1 Å². The zero-order valence-electron chi connectivity index (χ0n) is 19.8. The lowest BCUT2D eigenvalue weighted by atomic mass is 9.90. The fraction of sp³-hybridized carbons (Fsp3) is 0.370. The summed E-state index contributed by atoms with van der Waals surface area (Å²) >= 11 is 0. The highest BCUT2D eigenvalue weighted by molar-refractivity contribution is 6.43. The maximum Gasteiger partial charge on any atom is 0.292 e. The molecule has 1 aliphatic heterocycles. The second-order valence-electron chi connectivity index (χ2n) is 10.1. The molecule has 0 radical (unpaired) electrons. The highest BCUT2D eigenvalue weighted by Crippen LogP contribution is 2.26. The van der Waals surface area contributed by atoms with Gasteiger partial charge in [0.2, 0.25) is 5.78 Å². The Balaban J connectivity index is 1.44. The third-order valence-electron chi connectivity index (χ3n) is 6.21. The van der Waals surface area contributed by atoms with E-state index in [4.69, 9.17) is 0 Å². The summed E-state index contributed by atoms with van der Waals surface area (Å²) in [6, 6.07) is 11.5. The van der Waals surface area contributed by atoms with E-state index in [2.05, 4.69) is 10.3 Å². The van der Waals surface area contributed by atoms with E-state index in [1.165, 1.54) is 12.1 Å². The number of piperidine rings is 1. The Labute approximate surface area is 198 Å². The van der Waals surface area contributed by atoms with E-state index in [1.807, 2.05) is 37.8 Å². The van der Waals surface area contributed by atoms with Crippen molar-refractivity contribution in [3.63, 3.8) is 0 Å². The molecule has 6 nitrogen and oxygen atoms in total. The lowest BCUT2D eigenvalue weighted by Gasteiger charge is -2.32. The summed E-state index contributed by atoms with van der Waals surface area (Å²) < 4.78 is 13.1. The first-order valence-corrected chi connectivity index (χ1v) is 11.6. The fourth-order valence-corrected chi connectivity index (χ4v) is 4.43. The molecule has 0 saturated carbocycles. The summed E-state index contributed by atoms with van der Waals surface area (Å²) in [6.45, 7) is 6.72. The molecular weight excluding hydrogens is 433 g/mol. The molecular formula is C27H30FN3O3. The predicted octanol–water partition coefficient (Wildman–Crippen LogP) is 4.50. The average Bonchev–Trinajstić information content (AvgIpc) is 3.22. The van der Waals surface area contributed by atoms with Crippen molar-refractivity contribution in [2.24, 2.45) is 5.92 Å². The highest BCUT2D eigenvalue weighted by Gasteiger charge is 2.27. The van der Waals surface area contributed by atoms with E-state index in [0.29, 0.717) is 30.0 Å². The number of amides is 2. The largest absolute Gasteiger partial charge is 0.360 e. The van der Waals surface area contributed by atoms with Gasteiger partial charge < -0.3 is 15.2 Å². The minimum atomic E-state index is -0.668. The molecule has 7 heteroatoms. The number of fused-ring (bicyclic) bond motifs is 1. The van der Waals surface area contributed by atoms with Crippen LogP contribution in [0.2, 0.25) is 0 Å². The zero-order chi connectivity index (χ0) is 24.5. The minimum Gasteiger partial charge on any atom is -0.360 e. The Morgan fingerprint density at radius 1 is 1.06 bits per heavy atom. The normalized spacial score (nSPS) is 14.9. The quantitative estimate of drug-likeness (QED) is 0.432. The summed E-state index contributed by atoms with van der Waals surface area (Å²) in [6.07, 6.45) is 4.29. The van der Waals surface area contributed by atoms with Crippen LogP contribution >= 0.6 is 0 Å². The lowest BCUT2D eigenvalue weighted by Crippen LogP contribution is -2.44. The Bertz CT molecular complexity index is 1220. The Morgan fingerprint density at radius 3 is 2.38 bits per heavy atom. The third kappa shape index (κ3) is 5.35. The number of rotatable bonds is 5. The molecule has 2 amide bonds. The van der Waals surface area contributed by atoms with Gasteiger partial charge in [-0.25, -0.2) is 4.39 Å². The van der Waals surface area contributed by atoms with Crippen molar-refractivity contribution in [3.8, 4) is 0 Å². The smallest absolute Gasteiger partial charge is 0.292 e. The van der Waals surface area contributed by atoms with Gasteiger partial charge in [0.15, 0.2) is 0 Å². The summed E-state index contributed by atoms with van der Waals surface area (Å²) in [5.74, 6) is -1.17. The van der Waals surface area contributed by atoms with E-state index < -0.39 is 17.2 Å². The van der Waals surface area contributed by atoms with E-state index in [1.54, 1.807) is 24.4 Å². The van der Waals surface area contributed by atoms with Crippen LogP contribution in [0.3, 0.4) is 0 Å². The molecule has 2 aromatic carbocycles. The molecule has 0 aliphatic carbocycles. The molecule has 34 heavy (non-hydrogen) atoms. The standard InChI is InChI=1S/C27H30FN3O3/c1-27(2,3)30-25(33)24(32)19-6-9-23-21(15-19)22(16-29-23)26(34)31-12-10-18(11-13-31)14-17-4-7-20(28)8-5-17/h4-9,15-16,18,29H,10-14H2,1-3H3,(H,30,33). The highest BCUT2D eigenvalue weighted by atomic mass is 19.1. The summed E-state index contributed by atoms with van der Waals surface area (Å²) in [7, 11) is 0. The number of hydrogen-bond donors (Lipinski definition) is 2. The number of carbonyl (C=O) groups excluding carboxylic acids is 3. The van der Waals surface area contributed by atoms with Crippen molar-refractivity contribution in [1.82, 2.24) is 15.2 Å². The van der Waals surface area contributed by atoms with Crippen LogP contribution in [0.15, 0.2) is 48.7 Å². The third-order valence-corrected chi connectivity index (χ3v) is 6.21. The van der Waals surface area contributed by atoms with E-state index in [0.717, 1.165) is 30.3 Å². The Kier molecular flexibility index (Phi) is 6.55. The number of aromatic nitrogens is 1. The molecule has 1 saturated heterocycles. The molecule has 0 unspecified atom stereocenters. The Hall–Kier alpha value is -3.48. The van der Waals surface area contributed by atoms with Crippen molar-refractivity contribution >= 4 is 28.5 Å². The molecule has 1 fully saturated rings. The number of H-pyrrole nitrogens is 1. The first-order chi connectivity index (χ1) is 16.1. The number of nitrogens with zero attached hydrogens (tertiary/aromatic N) is 1. The number of likely N-dealkylation sites (tertiary alicyclic amines) is 1. The number of Topliss-reactive ketones (excluding diaryl/α,β-unsaturated/α-hetero) is 1. The zero-order valence-corrected chi connectivity index (χ0v) is 19.8. The van der Waals surface area contributed by atoms with Gasteiger partial charge in [0.05, 0.1) is 5.56 Å². The van der Waals surface area contributed by atoms with Crippen molar-refractivity contribution in [1.29, 1.82) is 0 Å². The maximum absolute atomic E-state index is 13.3. The number of nitrogens with one attached hydrogen (secondary N) is 2.